The van der Waals surface area contributed by atoms with Gasteiger partial charge in [0.15, 0.2) is 0 Å². The predicted molar refractivity (Wildman–Crippen MR) is 104 cm³/mol. The molecule has 1 amide bonds. The van der Waals surface area contributed by atoms with Crippen LogP contribution in [0.15, 0.2) is 48.2 Å². The number of hydrogen-bond acceptors (Lipinski definition) is 5. The van der Waals surface area contributed by atoms with Crippen molar-refractivity contribution in [3.63, 3.8) is 0 Å². The number of carbonyl (C=O) groups excluding carboxylic acids is 1. The fraction of sp³-hybridized carbons (Fsp3) is 0.300. The van der Waals surface area contributed by atoms with Gasteiger partial charge >= 0.3 is 0 Å². The summed E-state index contributed by atoms with van der Waals surface area (Å²) in [4.78, 5) is 27.5. The van der Waals surface area contributed by atoms with E-state index >= 15 is 0 Å². The Labute approximate surface area is 161 Å². The van der Waals surface area contributed by atoms with Crippen molar-refractivity contribution < 1.29 is 9.18 Å². The van der Waals surface area contributed by atoms with E-state index in [1.54, 1.807) is 41.0 Å². The van der Waals surface area contributed by atoms with E-state index in [-0.39, 0.29) is 11.7 Å². The van der Waals surface area contributed by atoms with Crippen LogP contribution < -0.4 is 0 Å². The quantitative estimate of drug-likeness (QED) is 0.534. The maximum Gasteiger partial charge on any atom is 0.273 e. The molecular weight excluding hydrogens is 363 g/mol. The zero-order chi connectivity index (χ0) is 19.1. The lowest BCUT2D eigenvalue weighted by Crippen LogP contribution is -2.31. The van der Waals surface area contributed by atoms with Gasteiger partial charge in [0.2, 0.25) is 0 Å². The van der Waals surface area contributed by atoms with Gasteiger partial charge in [-0.15, -0.1) is 11.3 Å². The normalized spacial score (nSPS) is 10.7. The van der Waals surface area contributed by atoms with E-state index in [0.717, 1.165) is 24.8 Å². The summed E-state index contributed by atoms with van der Waals surface area (Å²) in [5.41, 5.74) is 1.95. The topological polar surface area (TPSA) is 59.0 Å². The van der Waals surface area contributed by atoms with E-state index in [4.69, 9.17) is 0 Å². The highest BCUT2D eigenvalue weighted by Crippen LogP contribution is 2.22. The minimum absolute atomic E-state index is 0.123. The minimum Gasteiger partial charge on any atom is -0.333 e. The van der Waals surface area contributed by atoms with Crippen LogP contribution in [0.2, 0.25) is 0 Å². The molecule has 3 aromatic rings. The number of carbonyl (C=O) groups is 1. The second kappa shape index (κ2) is 9.32. The van der Waals surface area contributed by atoms with E-state index in [2.05, 4.69) is 21.9 Å². The lowest BCUT2D eigenvalue weighted by molar-refractivity contribution is 0.0735. The maximum absolute atomic E-state index is 13.2. The molecule has 5 nitrogen and oxygen atoms in total. The second-order valence-corrected chi connectivity index (χ2v) is 7.05. The SMILES string of the molecule is CCCCCN(Cc1ccc(F)cc1)C(=O)c1csc(-c2cnccn2)n1. The molecule has 0 atom stereocenters. The summed E-state index contributed by atoms with van der Waals surface area (Å²) in [6.07, 6.45) is 7.88. The van der Waals surface area contributed by atoms with Crippen molar-refractivity contribution in [2.24, 2.45) is 0 Å². The third kappa shape index (κ3) is 5.17. The van der Waals surface area contributed by atoms with E-state index in [0.29, 0.717) is 29.5 Å². The fourth-order valence-corrected chi connectivity index (χ4v) is 3.43. The van der Waals surface area contributed by atoms with Gasteiger partial charge in [0.25, 0.3) is 5.91 Å². The van der Waals surface area contributed by atoms with Crippen molar-refractivity contribution in [3.05, 3.63) is 65.3 Å². The molecule has 0 aliphatic heterocycles. The van der Waals surface area contributed by atoms with Crippen molar-refractivity contribution >= 4 is 17.2 Å². The number of halogens is 1. The van der Waals surface area contributed by atoms with Crippen molar-refractivity contribution in [1.29, 1.82) is 0 Å². The summed E-state index contributed by atoms with van der Waals surface area (Å²) < 4.78 is 13.2. The van der Waals surface area contributed by atoms with Gasteiger partial charge in [-0.25, -0.2) is 9.37 Å². The Kier molecular flexibility index (Phi) is 6.59. The van der Waals surface area contributed by atoms with Crippen LogP contribution in [0.3, 0.4) is 0 Å². The van der Waals surface area contributed by atoms with Crippen LogP contribution in [-0.4, -0.2) is 32.3 Å². The van der Waals surface area contributed by atoms with Crippen molar-refractivity contribution in [2.45, 2.75) is 32.7 Å². The zero-order valence-corrected chi connectivity index (χ0v) is 16.0. The Morgan fingerprint density at radius 1 is 1.19 bits per heavy atom. The molecule has 0 aliphatic rings. The number of thiazole rings is 1. The van der Waals surface area contributed by atoms with Crippen LogP contribution >= 0.6 is 11.3 Å². The highest BCUT2D eigenvalue weighted by molar-refractivity contribution is 7.13. The third-order valence-corrected chi connectivity index (χ3v) is 4.98. The molecule has 1 aromatic carbocycles. The van der Waals surface area contributed by atoms with Crippen LogP contribution in [0.1, 0.15) is 42.2 Å². The number of benzene rings is 1. The van der Waals surface area contributed by atoms with Crippen molar-refractivity contribution in [3.8, 4) is 10.7 Å². The minimum atomic E-state index is -0.282. The van der Waals surface area contributed by atoms with E-state index in [1.165, 1.54) is 23.5 Å². The molecule has 0 bridgehead atoms. The van der Waals surface area contributed by atoms with Gasteiger partial charge in [0.1, 0.15) is 22.2 Å². The fourth-order valence-electron chi connectivity index (χ4n) is 2.68. The van der Waals surface area contributed by atoms with E-state index < -0.39 is 0 Å². The number of aromatic nitrogens is 3. The van der Waals surface area contributed by atoms with Crippen LogP contribution in [0.4, 0.5) is 4.39 Å². The number of nitrogens with zero attached hydrogens (tertiary/aromatic N) is 4. The first kappa shape index (κ1) is 19.1. The molecule has 2 aromatic heterocycles. The molecular formula is C20H21FN4OS. The Balaban J connectivity index is 1.77. The first-order valence-electron chi connectivity index (χ1n) is 8.93. The molecule has 0 saturated heterocycles. The van der Waals surface area contributed by atoms with Crippen molar-refractivity contribution in [1.82, 2.24) is 19.9 Å². The largest absolute Gasteiger partial charge is 0.333 e. The number of unbranched alkanes of at least 4 members (excludes halogenated alkanes) is 2. The van der Waals surface area contributed by atoms with E-state index in [1.807, 2.05) is 0 Å². The molecule has 0 fully saturated rings. The molecule has 0 spiro atoms. The maximum atomic E-state index is 13.2. The molecule has 0 N–H and O–H groups in total. The standard InChI is InChI=1S/C20H21FN4OS/c1-2-3-4-11-25(13-15-5-7-16(21)8-6-15)20(26)18-14-27-19(24-18)17-12-22-9-10-23-17/h5-10,12,14H,2-4,11,13H2,1H3. The molecule has 0 saturated carbocycles. The van der Waals surface area contributed by atoms with E-state index in [9.17, 15) is 9.18 Å². The highest BCUT2D eigenvalue weighted by atomic mass is 32.1. The average Bonchev–Trinajstić information content (AvgIpc) is 3.19. The second-order valence-electron chi connectivity index (χ2n) is 6.19. The summed E-state index contributed by atoms with van der Waals surface area (Å²) in [6.45, 7) is 3.20. The van der Waals surface area contributed by atoms with Gasteiger partial charge in [-0.3, -0.25) is 14.8 Å². The summed E-state index contributed by atoms with van der Waals surface area (Å²) >= 11 is 1.37. The summed E-state index contributed by atoms with van der Waals surface area (Å²) in [5.74, 6) is -0.405. The van der Waals surface area contributed by atoms with Crippen LogP contribution in [0, 0.1) is 5.82 Å². The molecule has 7 heteroatoms. The van der Waals surface area contributed by atoms with Crippen LogP contribution in [0.5, 0.6) is 0 Å². The van der Waals surface area contributed by atoms with Gasteiger partial charge in [-0.2, -0.15) is 0 Å². The summed E-state index contributed by atoms with van der Waals surface area (Å²) in [6, 6.07) is 6.25. The number of hydrogen-bond donors (Lipinski definition) is 0. The van der Waals surface area contributed by atoms with Gasteiger partial charge < -0.3 is 4.90 Å². The summed E-state index contributed by atoms with van der Waals surface area (Å²) in [7, 11) is 0. The molecule has 0 unspecified atom stereocenters. The Hall–Kier alpha value is -2.67. The number of amides is 1. The molecule has 0 radical (unpaired) electrons. The van der Waals surface area contributed by atoms with Gasteiger partial charge in [0, 0.05) is 30.9 Å². The molecule has 0 aliphatic carbocycles. The van der Waals surface area contributed by atoms with Gasteiger partial charge in [-0.05, 0) is 24.1 Å². The van der Waals surface area contributed by atoms with Gasteiger partial charge in [-0.1, -0.05) is 31.9 Å². The smallest absolute Gasteiger partial charge is 0.273 e. The zero-order valence-electron chi connectivity index (χ0n) is 15.1. The number of rotatable bonds is 8. The van der Waals surface area contributed by atoms with Crippen molar-refractivity contribution in [2.75, 3.05) is 6.54 Å². The van der Waals surface area contributed by atoms with Crippen LogP contribution in [0.25, 0.3) is 10.7 Å². The first-order chi connectivity index (χ1) is 13.2. The Morgan fingerprint density at radius 2 is 2.00 bits per heavy atom. The summed E-state index contributed by atoms with van der Waals surface area (Å²) in [5, 5.41) is 2.42. The average molecular weight is 384 g/mol. The lowest BCUT2D eigenvalue weighted by Gasteiger charge is -2.22. The molecule has 2 heterocycles. The van der Waals surface area contributed by atoms with Gasteiger partial charge in [0.05, 0.1) is 6.20 Å². The molecule has 140 valence electrons. The molecule has 27 heavy (non-hydrogen) atoms. The predicted octanol–water partition coefficient (Wildman–Crippen LogP) is 4.57. The van der Waals surface area contributed by atoms with Crippen LogP contribution in [-0.2, 0) is 6.54 Å². The Bertz CT molecular complexity index is 867. The highest BCUT2D eigenvalue weighted by Gasteiger charge is 2.19. The lowest BCUT2D eigenvalue weighted by atomic mass is 10.2. The third-order valence-electron chi connectivity index (χ3n) is 4.11. The first-order valence-corrected chi connectivity index (χ1v) is 9.81. The molecule has 3 rings (SSSR count). The monoisotopic (exact) mass is 384 g/mol. The Morgan fingerprint density at radius 3 is 2.70 bits per heavy atom.